The molecule has 3 aromatic heterocycles. The molecule has 3 aromatic rings. The van der Waals surface area contributed by atoms with E-state index < -0.39 is 5.97 Å². The number of hydrogen-bond donors (Lipinski definition) is 1. The molecule has 0 saturated carbocycles. The zero-order valence-corrected chi connectivity index (χ0v) is 9.45. The molecule has 0 amide bonds. The number of carboxylic acids is 1. The highest BCUT2D eigenvalue weighted by molar-refractivity contribution is 5.93. The van der Waals surface area contributed by atoms with Gasteiger partial charge in [-0.1, -0.05) is 6.07 Å². The molecule has 88 valence electrons. The number of carboxylic acid groups (broad SMARTS) is 1. The molecule has 0 atom stereocenters. The molecule has 0 aromatic carbocycles. The average molecular weight is 238 g/mol. The van der Waals surface area contributed by atoms with E-state index in [1.54, 1.807) is 29.1 Å². The van der Waals surface area contributed by atoms with Gasteiger partial charge in [0.15, 0.2) is 0 Å². The van der Waals surface area contributed by atoms with Gasteiger partial charge in [0.25, 0.3) is 0 Å². The van der Waals surface area contributed by atoms with Crippen molar-refractivity contribution >= 4 is 11.5 Å². The van der Waals surface area contributed by atoms with E-state index in [1.165, 1.54) is 0 Å². The van der Waals surface area contributed by atoms with Gasteiger partial charge in [-0.25, -0.2) is 4.79 Å². The minimum Gasteiger partial charge on any atom is -0.477 e. The summed E-state index contributed by atoms with van der Waals surface area (Å²) in [5.41, 5.74) is 3.00. The Balaban J connectivity index is 2.34. The first-order valence-corrected chi connectivity index (χ1v) is 5.51. The maximum absolute atomic E-state index is 11.2. The molecule has 0 saturated heterocycles. The number of rotatable bonds is 2. The third-order valence-electron chi connectivity index (χ3n) is 2.89. The Labute approximate surface area is 103 Å². The van der Waals surface area contributed by atoms with Gasteiger partial charge < -0.3 is 9.51 Å². The molecule has 18 heavy (non-hydrogen) atoms. The molecule has 0 bridgehead atoms. The van der Waals surface area contributed by atoms with Crippen molar-refractivity contribution in [1.82, 2.24) is 9.38 Å². The van der Waals surface area contributed by atoms with Crippen molar-refractivity contribution in [1.29, 1.82) is 0 Å². The van der Waals surface area contributed by atoms with Crippen molar-refractivity contribution in [2.75, 3.05) is 0 Å². The number of nitrogens with zero attached hydrogens (tertiary/aromatic N) is 2. The van der Waals surface area contributed by atoms with E-state index in [2.05, 4.69) is 4.98 Å². The van der Waals surface area contributed by atoms with E-state index in [4.69, 9.17) is 0 Å². The predicted molar refractivity (Wildman–Crippen MR) is 67.6 cm³/mol. The summed E-state index contributed by atoms with van der Waals surface area (Å²) in [6.07, 6.45) is 5.15. The van der Waals surface area contributed by atoms with Gasteiger partial charge in [-0.05, 0) is 35.9 Å². The Hall–Kier alpha value is -2.62. The van der Waals surface area contributed by atoms with E-state index in [0.29, 0.717) is 0 Å². The fourth-order valence-corrected chi connectivity index (χ4v) is 2.08. The normalized spacial score (nSPS) is 10.7. The molecule has 0 radical (unpaired) electrons. The van der Waals surface area contributed by atoms with Gasteiger partial charge in [-0.3, -0.25) is 4.98 Å². The molecule has 0 spiro atoms. The summed E-state index contributed by atoms with van der Waals surface area (Å²) in [4.78, 5) is 15.2. The van der Waals surface area contributed by atoms with Crippen LogP contribution in [-0.2, 0) is 0 Å². The Morgan fingerprint density at radius 2 is 1.94 bits per heavy atom. The van der Waals surface area contributed by atoms with Crippen molar-refractivity contribution in [3.63, 3.8) is 0 Å². The highest BCUT2D eigenvalue weighted by Gasteiger charge is 2.14. The summed E-state index contributed by atoms with van der Waals surface area (Å²) in [5, 5.41) is 9.21. The molecule has 0 fully saturated rings. The molecule has 0 aliphatic heterocycles. The molecular formula is C14H10N2O2. The van der Waals surface area contributed by atoms with Crippen LogP contribution in [0.2, 0.25) is 0 Å². The third kappa shape index (κ3) is 1.55. The largest absolute Gasteiger partial charge is 0.477 e. The second kappa shape index (κ2) is 4.00. The highest BCUT2D eigenvalue weighted by Crippen LogP contribution is 2.27. The first-order valence-electron chi connectivity index (χ1n) is 5.51. The molecule has 1 N–H and O–H groups in total. The lowest BCUT2D eigenvalue weighted by Gasteiger charge is -1.99. The van der Waals surface area contributed by atoms with E-state index in [9.17, 15) is 9.90 Å². The summed E-state index contributed by atoms with van der Waals surface area (Å²) in [6, 6.07) is 11.0. The van der Waals surface area contributed by atoms with Crippen LogP contribution in [-0.4, -0.2) is 20.5 Å². The van der Waals surface area contributed by atoms with Gasteiger partial charge in [0.1, 0.15) is 5.69 Å². The van der Waals surface area contributed by atoms with Gasteiger partial charge in [0.05, 0.1) is 5.52 Å². The number of carbonyl (C=O) groups is 1. The lowest BCUT2D eigenvalue weighted by molar-refractivity contribution is 0.0689. The van der Waals surface area contributed by atoms with E-state index in [-0.39, 0.29) is 5.69 Å². The van der Waals surface area contributed by atoms with Crippen LogP contribution in [0.15, 0.2) is 55.0 Å². The Morgan fingerprint density at radius 3 is 2.67 bits per heavy atom. The standard InChI is InChI=1S/C14H10N2O2/c17-14(18)13-9-11(10-4-6-15-7-5-10)12-3-1-2-8-16(12)13/h1-9H,(H,17,18). The minimum atomic E-state index is -0.934. The van der Waals surface area contributed by atoms with Crippen molar-refractivity contribution in [3.05, 3.63) is 60.7 Å². The quantitative estimate of drug-likeness (QED) is 0.746. The molecule has 0 aliphatic rings. The van der Waals surface area contributed by atoms with E-state index in [1.807, 2.05) is 30.3 Å². The van der Waals surface area contributed by atoms with E-state index >= 15 is 0 Å². The van der Waals surface area contributed by atoms with E-state index in [0.717, 1.165) is 16.6 Å². The van der Waals surface area contributed by atoms with Gasteiger partial charge >= 0.3 is 5.97 Å². The summed E-state index contributed by atoms with van der Waals surface area (Å²) in [7, 11) is 0. The average Bonchev–Trinajstić information content (AvgIpc) is 2.79. The topological polar surface area (TPSA) is 54.6 Å². The van der Waals surface area contributed by atoms with Gasteiger partial charge in [0.2, 0.25) is 0 Å². The van der Waals surface area contributed by atoms with Crippen molar-refractivity contribution in [2.45, 2.75) is 0 Å². The smallest absolute Gasteiger partial charge is 0.352 e. The summed E-state index contributed by atoms with van der Waals surface area (Å²) >= 11 is 0. The summed E-state index contributed by atoms with van der Waals surface area (Å²) < 4.78 is 1.68. The van der Waals surface area contributed by atoms with Crippen molar-refractivity contribution in [2.24, 2.45) is 0 Å². The molecular weight excluding hydrogens is 228 g/mol. The predicted octanol–water partition coefficient (Wildman–Crippen LogP) is 2.70. The Bertz CT molecular complexity index is 717. The maximum Gasteiger partial charge on any atom is 0.352 e. The number of aromatic carboxylic acids is 1. The fourth-order valence-electron chi connectivity index (χ4n) is 2.08. The van der Waals surface area contributed by atoms with Crippen LogP contribution in [0.25, 0.3) is 16.6 Å². The summed E-state index contributed by atoms with van der Waals surface area (Å²) in [5.74, 6) is -0.934. The molecule has 0 aliphatic carbocycles. The fraction of sp³-hybridized carbons (Fsp3) is 0. The van der Waals surface area contributed by atoms with Gasteiger partial charge in [-0.2, -0.15) is 0 Å². The van der Waals surface area contributed by atoms with Crippen LogP contribution in [0.5, 0.6) is 0 Å². The molecule has 4 heteroatoms. The summed E-state index contributed by atoms with van der Waals surface area (Å²) in [6.45, 7) is 0. The molecule has 3 heterocycles. The lowest BCUT2D eigenvalue weighted by Crippen LogP contribution is -2.00. The highest BCUT2D eigenvalue weighted by atomic mass is 16.4. The second-order valence-corrected chi connectivity index (χ2v) is 3.94. The minimum absolute atomic E-state index is 0.261. The van der Waals surface area contributed by atoms with Crippen LogP contribution < -0.4 is 0 Å². The SMILES string of the molecule is O=C(O)c1cc(-c2ccncc2)c2ccccn12. The van der Waals surface area contributed by atoms with Crippen molar-refractivity contribution < 1.29 is 9.90 Å². The van der Waals surface area contributed by atoms with Gasteiger partial charge in [0, 0.05) is 24.2 Å². The van der Waals surface area contributed by atoms with Crippen LogP contribution in [0.1, 0.15) is 10.5 Å². The van der Waals surface area contributed by atoms with Crippen LogP contribution in [0.4, 0.5) is 0 Å². The van der Waals surface area contributed by atoms with Crippen LogP contribution in [0, 0.1) is 0 Å². The number of hydrogen-bond acceptors (Lipinski definition) is 2. The first-order chi connectivity index (χ1) is 8.77. The second-order valence-electron chi connectivity index (χ2n) is 3.94. The molecule has 4 nitrogen and oxygen atoms in total. The zero-order valence-electron chi connectivity index (χ0n) is 9.45. The van der Waals surface area contributed by atoms with Gasteiger partial charge in [-0.15, -0.1) is 0 Å². The molecule has 0 unspecified atom stereocenters. The Morgan fingerprint density at radius 1 is 1.17 bits per heavy atom. The maximum atomic E-state index is 11.2. The van der Waals surface area contributed by atoms with Crippen molar-refractivity contribution in [3.8, 4) is 11.1 Å². The third-order valence-corrected chi connectivity index (χ3v) is 2.89. The number of aromatic nitrogens is 2. The van der Waals surface area contributed by atoms with Crippen LogP contribution >= 0.6 is 0 Å². The number of fused-ring (bicyclic) bond motifs is 1. The monoisotopic (exact) mass is 238 g/mol. The first kappa shape index (κ1) is 10.5. The number of pyridine rings is 2. The molecule has 3 rings (SSSR count). The zero-order chi connectivity index (χ0) is 12.5. The lowest BCUT2D eigenvalue weighted by atomic mass is 10.1. The van der Waals surface area contributed by atoms with Crippen LogP contribution in [0.3, 0.4) is 0 Å². The Kier molecular flexibility index (Phi) is 2.34.